The Balaban J connectivity index is 2.94. The van der Waals surface area contributed by atoms with Crippen molar-refractivity contribution >= 4 is 37.8 Å². The zero-order chi connectivity index (χ0) is 16.2. The fraction of sp³-hybridized carbons (Fsp3) is 0.455. The molecule has 1 aromatic rings. The Labute approximate surface area is 130 Å². The molecule has 0 aromatic carbocycles. The molecule has 21 heavy (non-hydrogen) atoms. The molecule has 2 N–H and O–H groups in total. The van der Waals surface area contributed by atoms with E-state index in [-0.39, 0.29) is 16.1 Å². The average Bonchev–Trinajstić information content (AvgIpc) is 2.79. The molecule has 118 valence electrons. The first-order valence-electron chi connectivity index (χ1n) is 5.95. The summed E-state index contributed by atoms with van der Waals surface area (Å²) in [6.07, 6.45) is 0.734. The molecule has 0 aliphatic carbocycles. The predicted molar refractivity (Wildman–Crippen MR) is 76.5 cm³/mol. The molecule has 0 spiro atoms. The average molecular weight is 383 g/mol. The minimum absolute atomic E-state index is 0.222. The first kappa shape index (κ1) is 17.7. The third-order valence-corrected chi connectivity index (χ3v) is 5.15. The van der Waals surface area contributed by atoms with Gasteiger partial charge in [0.25, 0.3) is 0 Å². The van der Waals surface area contributed by atoms with Crippen molar-refractivity contribution in [3.63, 3.8) is 0 Å². The van der Waals surface area contributed by atoms with Crippen LogP contribution in [0.25, 0.3) is 0 Å². The summed E-state index contributed by atoms with van der Waals surface area (Å²) in [6.45, 7) is 1.95. The van der Waals surface area contributed by atoms with Crippen LogP contribution in [0.2, 0.25) is 0 Å². The Morgan fingerprint density at radius 1 is 1.48 bits per heavy atom. The second kappa shape index (κ2) is 7.05. The number of hydrogen-bond donors (Lipinski definition) is 2. The van der Waals surface area contributed by atoms with E-state index in [1.54, 1.807) is 0 Å². The number of carbonyl (C=O) groups is 2. The van der Waals surface area contributed by atoms with Crippen LogP contribution in [0.4, 0.5) is 0 Å². The minimum atomic E-state index is -4.03. The molecule has 0 aliphatic rings. The van der Waals surface area contributed by atoms with E-state index in [0.29, 0.717) is 6.54 Å². The number of nitrogens with zero attached hydrogens (tertiary/aromatic N) is 1. The summed E-state index contributed by atoms with van der Waals surface area (Å²) in [5.74, 6) is -2.34. The lowest BCUT2D eigenvalue weighted by Crippen LogP contribution is -2.38. The summed E-state index contributed by atoms with van der Waals surface area (Å²) in [7, 11) is -2.81. The van der Waals surface area contributed by atoms with Crippen molar-refractivity contribution < 1.29 is 27.5 Å². The monoisotopic (exact) mass is 382 g/mol. The summed E-state index contributed by atoms with van der Waals surface area (Å²) in [5.41, 5.74) is 0. The maximum absolute atomic E-state index is 12.3. The Kier molecular flexibility index (Phi) is 5.93. The molecule has 1 aromatic heterocycles. The van der Waals surface area contributed by atoms with E-state index in [1.165, 1.54) is 7.05 Å². The van der Waals surface area contributed by atoms with Crippen LogP contribution in [-0.2, 0) is 14.8 Å². The van der Waals surface area contributed by atoms with E-state index < -0.39 is 27.7 Å². The summed E-state index contributed by atoms with van der Waals surface area (Å²) in [5, 5.41) is 11.3. The minimum Gasteiger partial charge on any atom is -0.475 e. The molecular weight excluding hydrogens is 368 g/mol. The third-order valence-electron chi connectivity index (χ3n) is 2.49. The number of rotatable bonds is 7. The van der Waals surface area contributed by atoms with Gasteiger partial charge in [-0.05, 0) is 22.4 Å². The van der Waals surface area contributed by atoms with Crippen LogP contribution in [-0.4, -0.2) is 49.8 Å². The van der Waals surface area contributed by atoms with Crippen molar-refractivity contribution in [2.45, 2.75) is 18.2 Å². The highest BCUT2D eigenvalue weighted by atomic mass is 79.9. The van der Waals surface area contributed by atoms with Crippen molar-refractivity contribution in [1.82, 2.24) is 9.62 Å². The first-order valence-corrected chi connectivity index (χ1v) is 8.19. The molecule has 1 heterocycles. The van der Waals surface area contributed by atoms with Crippen molar-refractivity contribution in [3.05, 3.63) is 16.5 Å². The van der Waals surface area contributed by atoms with Gasteiger partial charge in [0.05, 0.1) is 6.54 Å². The zero-order valence-corrected chi connectivity index (χ0v) is 13.8. The van der Waals surface area contributed by atoms with Gasteiger partial charge in [-0.3, -0.25) is 4.79 Å². The van der Waals surface area contributed by atoms with Crippen LogP contribution in [0.5, 0.6) is 0 Å². The van der Waals surface area contributed by atoms with Crippen molar-refractivity contribution in [2.75, 3.05) is 20.1 Å². The number of carboxylic acid groups (broad SMARTS) is 1. The lowest BCUT2D eigenvalue weighted by Gasteiger charge is -2.15. The number of hydrogen-bond acceptors (Lipinski definition) is 5. The molecule has 0 saturated heterocycles. The number of carboxylic acids is 1. The maximum Gasteiger partial charge on any atom is 0.371 e. The molecule has 0 fully saturated rings. The Bertz CT molecular complexity index is 639. The highest BCUT2D eigenvalue weighted by molar-refractivity contribution is 9.10. The number of carbonyl (C=O) groups excluding carboxylic acids is 1. The van der Waals surface area contributed by atoms with Gasteiger partial charge >= 0.3 is 5.97 Å². The van der Waals surface area contributed by atoms with Gasteiger partial charge in [0, 0.05) is 19.7 Å². The highest BCUT2D eigenvalue weighted by Gasteiger charge is 2.29. The molecule has 0 aliphatic heterocycles. The molecule has 0 saturated carbocycles. The van der Waals surface area contributed by atoms with Gasteiger partial charge in [-0.1, -0.05) is 6.92 Å². The molecule has 0 bridgehead atoms. The number of sulfonamides is 1. The summed E-state index contributed by atoms with van der Waals surface area (Å²) >= 11 is 2.86. The Morgan fingerprint density at radius 2 is 2.10 bits per heavy atom. The van der Waals surface area contributed by atoms with Crippen LogP contribution >= 0.6 is 15.9 Å². The smallest absolute Gasteiger partial charge is 0.371 e. The van der Waals surface area contributed by atoms with E-state index in [1.807, 2.05) is 6.92 Å². The van der Waals surface area contributed by atoms with Crippen LogP contribution in [0.1, 0.15) is 23.9 Å². The van der Waals surface area contributed by atoms with Gasteiger partial charge < -0.3 is 14.8 Å². The SMILES string of the molecule is CCCNC(=O)CN(C)S(=O)(=O)c1cc(C(=O)O)oc1Br. The molecular formula is C11H15BrN2O6S. The number of halogens is 1. The highest BCUT2D eigenvalue weighted by Crippen LogP contribution is 2.28. The lowest BCUT2D eigenvalue weighted by atomic mass is 10.4. The van der Waals surface area contributed by atoms with Gasteiger partial charge in [-0.2, -0.15) is 4.31 Å². The van der Waals surface area contributed by atoms with Crippen LogP contribution < -0.4 is 5.32 Å². The van der Waals surface area contributed by atoms with Crippen LogP contribution in [0.15, 0.2) is 20.0 Å². The fourth-order valence-electron chi connectivity index (χ4n) is 1.41. The molecule has 0 radical (unpaired) electrons. The topological polar surface area (TPSA) is 117 Å². The Hall–Kier alpha value is -1.39. The normalized spacial score (nSPS) is 11.6. The summed E-state index contributed by atoms with van der Waals surface area (Å²) in [6, 6.07) is 0.891. The number of nitrogens with one attached hydrogen (secondary N) is 1. The second-order valence-corrected chi connectivity index (χ2v) is 6.90. The molecule has 0 unspecified atom stereocenters. The summed E-state index contributed by atoms with van der Waals surface area (Å²) < 4.78 is 29.9. The number of furan rings is 1. The molecule has 1 amide bonds. The number of aromatic carboxylic acids is 1. The van der Waals surface area contributed by atoms with E-state index in [0.717, 1.165) is 16.8 Å². The molecule has 0 atom stereocenters. The van der Waals surface area contributed by atoms with Gasteiger partial charge in [0.1, 0.15) is 4.90 Å². The van der Waals surface area contributed by atoms with Crippen molar-refractivity contribution in [2.24, 2.45) is 0 Å². The van der Waals surface area contributed by atoms with E-state index in [2.05, 4.69) is 21.2 Å². The van der Waals surface area contributed by atoms with E-state index >= 15 is 0 Å². The van der Waals surface area contributed by atoms with Gasteiger partial charge in [0.2, 0.25) is 21.7 Å². The maximum atomic E-state index is 12.3. The quantitative estimate of drug-likeness (QED) is 0.722. The first-order chi connectivity index (χ1) is 9.70. The van der Waals surface area contributed by atoms with Gasteiger partial charge in [-0.15, -0.1) is 0 Å². The summed E-state index contributed by atoms with van der Waals surface area (Å²) in [4.78, 5) is 22.0. The zero-order valence-electron chi connectivity index (χ0n) is 11.4. The number of amides is 1. The van der Waals surface area contributed by atoms with Crippen LogP contribution in [0, 0.1) is 0 Å². The third kappa shape index (κ3) is 4.29. The van der Waals surface area contributed by atoms with E-state index in [4.69, 9.17) is 9.52 Å². The standard InChI is InChI=1S/C11H15BrN2O6S/c1-3-4-13-9(15)6-14(2)21(18,19)8-5-7(11(16)17)20-10(8)12/h5H,3-4,6H2,1-2H3,(H,13,15)(H,16,17). The second-order valence-electron chi connectivity index (χ2n) is 4.16. The van der Waals surface area contributed by atoms with Gasteiger partial charge in [0.15, 0.2) is 4.67 Å². The van der Waals surface area contributed by atoms with Crippen LogP contribution in [0.3, 0.4) is 0 Å². The van der Waals surface area contributed by atoms with E-state index in [9.17, 15) is 18.0 Å². The van der Waals surface area contributed by atoms with Crippen molar-refractivity contribution in [3.8, 4) is 0 Å². The largest absolute Gasteiger partial charge is 0.475 e. The Morgan fingerprint density at radius 3 is 2.57 bits per heavy atom. The predicted octanol–water partition coefficient (Wildman–Crippen LogP) is 0.887. The lowest BCUT2D eigenvalue weighted by molar-refractivity contribution is -0.121. The molecule has 10 heteroatoms. The molecule has 8 nitrogen and oxygen atoms in total. The number of likely N-dealkylation sites (N-methyl/N-ethyl adjacent to an activating group) is 1. The van der Waals surface area contributed by atoms with Gasteiger partial charge in [-0.25, -0.2) is 13.2 Å². The van der Waals surface area contributed by atoms with Crippen molar-refractivity contribution in [1.29, 1.82) is 0 Å². The molecule has 1 rings (SSSR count). The fourth-order valence-corrected chi connectivity index (χ4v) is 3.43.